The second-order valence-electron chi connectivity index (χ2n) is 3.11. The molecule has 0 fully saturated rings. The number of allylic oxidation sites excluding steroid dienone is 2. The summed E-state index contributed by atoms with van der Waals surface area (Å²) in [7, 11) is 0. The molecule has 0 N–H and O–H groups in total. The van der Waals surface area contributed by atoms with Crippen molar-refractivity contribution < 1.29 is 37.5 Å². The van der Waals surface area contributed by atoms with E-state index in [0.717, 1.165) is 0 Å². The first-order valence-corrected chi connectivity index (χ1v) is 4.30. The average Bonchev–Trinajstić information content (AvgIpc) is 2.15. The van der Waals surface area contributed by atoms with E-state index in [1.807, 2.05) is 26.0 Å². The van der Waals surface area contributed by atoms with Gasteiger partial charge in [-0.05, 0) is 0 Å². The van der Waals surface area contributed by atoms with Crippen LogP contribution in [0.3, 0.4) is 0 Å². The number of rotatable bonds is 3. The fraction of sp³-hybridized carbons (Fsp3) is 0.250. The van der Waals surface area contributed by atoms with Crippen LogP contribution in [-0.4, -0.2) is 5.78 Å². The summed E-state index contributed by atoms with van der Waals surface area (Å²) in [6.07, 6.45) is 4.43. The largest absolute Gasteiger partial charge is 0.349 e. The van der Waals surface area contributed by atoms with E-state index in [1.165, 1.54) is 6.08 Å². The molecule has 0 unspecified atom stereocenters. The van der Waals surface area contributed by atoms with Crippen LogP contribution in [0.25, 0.3) is 0 Å². The van der Waals surface area contributed by atoms with Crippen molar-refractivity contribution in [2.24, 2.45) is 5.92 Å². The zero-order valence-corrected chi connectivity index (χ0v) is 11.3. The van der Waals surface area contributed by atoms with E-state index < -0.39 is 0 Å². The van der Waals surface area contributed by atoms with Gasteiger partial charge in [0.15, 0.2) is 0 Å². The second kappa shape index (κ2) is 7.08. The van der Waals surface area contributed by atoms with Gasteiger partial charge in [0, 0.05) is 32.7 Å². The maximum Gasteiger partial charge on any atom is 0.0821 e. The number of benzene rings is 1. The SMILES string of the molecule is CC(C)[C-]=CC(=O)c1[c-]cccc1.[Y]. The minimum atomic E-state index is -0.0331. The standard InChI is InChI=1S/C12H12O.Y/c1-10(2)8-9-12(13)11-6-4-3-5-7-11;/h3-6,9-10H,1-2H3;/q-2;. The summed E-state index contributed by atoms with van der Waals surface area (Å²) in [6, 6.07) is 10.0. The van der Waals surface area contributed by atoms with Crippen molar-refractivity contribution in [3.63, 3.8) is 0 Å². The van der Waals surface area contributed by atoms with E-state index in [0.29, 0.717) is 5.56 Å². The van der Waals surface area contributed by atoms with E-state index in [-0.39, 0.29) is 44.4 Å². The molecule has 0 saturated heterocycles. The first-order valence-electron chi connectivity index (χ1n) is 4.30. The summed E-state index contributed by atoms with van der Waals surface area (Å²) in [4.78, 5) is 11.4. The van der Waals surface area contributed by atoms with Gasteiger partial charge in [-0.2, -0.15) is 6.08 Å². The zero-order chi connectivity index (χ0) is 9.68. The molecule has 1 aromatic rings. The van der Waals surface area contributed by atoms with Gasteiger partial charge in [-0.25, -0.2) is 0 Å². The van der Waals surface area contributed by atoms with Crippen molar-refractivity contribution in [2.45, 2.75) is 13.8 Å². The molecule has 0 spiro atoms. The van der Waals surface area contributed by atoms with Crippen LogP contribution in [-0.2, 0) is 32.7 Å². The number of hydrogen-bond donors (Lipinski definition) is 0. The zero-order valence-electron chi connectivity index (χ0n) is 8.45. The van der Waals surface area contributed by atoms with Gasteiger partial charge < -0.3 is 4.79 Å². The van der Waals surface area contributed by atoms with Crippen LogP contribution >= 0.6 is 0 Å². The molecule has 1 aromatic carbocycles. The van der Waals surface area contributed by atoms with Crippen molar-refractivity contribution >= 4 is 5.78 Å². The predicted octanol–water partition coefficient (Wildman–Crippen LogP) is 2.68. The van der Waals surface area contributed by atoms with E-state index in [1.54, 1.807) is 12.1 Å². The van der Waals surface area contributed by atoms with Gasteiger partial charge in [-0.1, -0.05) is 13.8 Å². The third-order valence-electron chi connectivity index (χ3n) is 1.52. The summed E-state index contributed by atoms with van der Waals surface area (Å²) in [5.74, 6) is 0.252. The molecule has 0 amide bonds. The third kappa shape index (κ3) is 4.83. The Morgan fingerprint density at radius 1 is 1.50 bits per heavy atom. The molecule has 14 heavy (non-hydrogen) atoms. The van der Waals surface area contributed by atoms with Crippen LogP contribution in [0.1, 0.15) is 24.2 Å². The van der Waals surface area contributed by atoms with Gasteiger partial charge in [0.2, 0.25) is 0 Å². The molecular formula is C12H12OY-2. The monoisotopic (exact) mass is 261 g/mol. The Morgan fingerprint density at radius 2 is 2.21 bits per heavy atom. The van der Waals surface area contributed by atoms with Crippen LogP contribution in [0.5, 0.6) is 0 Å². The molecule has 0 atom stereocenters. The van der Waals surface area contributed by atoms with Crippen molar-refractivity contribution in [1.82, 2.24) is 0 Å². The van der Waals surface area contributed by atoms with E-state index in [4.69, 9.17) is 0 Å². The summed E-state index contributed by atoms with van der Waals surface area (Å²) in [5, 5.41) is 0. The summed E-state index contributed by atoms with van der Waals surface area (Å²) in [6.45, 7) is 3.97. The third-order valence-corrected chi connectivity index (χ3v) is 1.52. The molecule has 0 bridgehead atoms. The molecule has 2 heteroatoms. The molecule has 0 aromatic heterocycles. The molecule has 0 heterocycles. The van der Waals surface area contributed by atoms with E-state index in [2.05, 4.69) is 12.1 Å². The summed E-state index contributed by atoms with van der Waals surface area (Å²) >= 11 is 0. The van der Waals surface area contributed by atoms with Gasteiger partial charge in [0.1, 0.15) is 0 Å². The Balaban J connectivity index is 0.00000169. The quantitative estimate of drug-likeness (QED) is 0.464. The first kappa shape index (κ1) is 13.7. The fourth-order valence-electron chi connectivity index (χ4n) is 0.867. The normalized spacial score (nSPS) is 10.2. The van der Waals surface area contributed by atoms with Crippen LogP contribution in [0.4, 0.5) is 0 Å². The number of carbonyl (C=O) groups is 1. The molecular weight excluding hydrogens is 249 g/mol. The molecule has 0 aliphatic heterocycles. The number of ketones is 1. The maximum atomic E-state index is 11.4. The van der Waals surface area contributed by atoms with Crippen molar-refractivity contribution in [2.75, 3.05) is 0 Å². The Bertz CT molecular complexity index is 301. The van der Waals surface area contributed by atoms with Gasteiger partial charge in [0.05, 0.1) is 5.78 Å². The second-order valence-corrected chi connectivity index (χ2v) is 3.11. The van der Waals surface area contributed by atoms with Gasteiger partial charge >= 0.3 is 0 Å². The fourth-order valence-corrected chi connectivity index (χ4v) is 0.867. The topological polar surface area (TPSA) is 17.1 Å². The Hall–Kier alpha value is -0.266. The van der Waals surface area contributed by atoms with Crippen LogP contribution in [0.2, 0.25) is 0 Å². The predicted molar refractivity (Wildman–Crippen MR) is 52.3 cm³/mol. The molecule has 1 rings (SSSR count). The minimum Gasteiger partial charge on any atom is -0.349 e. The maximum absolute atomic E-state index is 11.4. The van der Waals surface area contributed by atoms with E-state index >= 15 is 0 Å². The smallest absolute Gasteiger partial charge is 0.0821 e. The van der Waals surface area contributed by atoms with Crippen LogP contribution in [0.15, 0.2) is 30.3 Å². The van der Waals surface area contributed by atoms with Gasteiger partial charge in [0.25, 0.3) is 0 Å². The van der Waals surface area contributed by atoms with Crippen molar-refractivity contribution in [3.05, 3.63) is 48.0 Å². The average molecular weight is 261 g/mol. The molecule has 0 aliphatic rings. The molecule has 71 valence electrons. The summed E-state index contributed by atoms with van der Waals surface area (Å²) < 4.78 is 0. The minimum absolute atomic E-state index is 0. The van der Waals surface area contributed by atoms with Gasteiger partial charge in [-0.3, -0.25) is 6.08 Å². The van der Waals surface area contributed by atoms with E-state index in [9.17, 15) is 4.79 Å². The van der Waals surface area contributed by atoms with Crippen LogP contribution in [0, 0.1) is 18.1 Å². The molecule has 1 radical (unpaired) electrons. The summed E-state index contributed by atoms with van der Waals surface area (Å²) in [5.41, 5.74) is 0.593. The Labute approximate surface area is 110 Å². The van der Waals surface area contributed by atoms with Crippen molar-refractivity contribution in [1.29, 1.82) is 0 Å². The Kier molecular flexibility index (Phi) is 6.95. The molecule has 1 nitrogen and oxygen atoms in total. The molecule has 0 aliphatic carbocycles. The number of carbonyl (C=O) groups excluding carboxylic acids is 1. The van der Waals surface area contributed by atoms with Crippen molar-refractivity contribution in [3.8, 4) is 0 Å². The first-order chi connectivity index (χ1) is 6.20. The molecule has 0 saturated carbocycles. The Morgan fingerprint density at radius 3 is 2.71 bits per heavy atom. The van der Waals surface area contributed by atoms with Crippen LogP contribution < -0.4 is 0 Å². The number of hydrogen-bond acceptors (Lipinski definition) is 1. The van der Waals surface area contributed by atoms with Gasteiger partial charge in [-0.15, -0.1) is 41.8 Å².